The van der Waals surface area contributed by atoms with Gasteiger partial charge in [-0.15, -0.1) is 0 Å². The van der Waals surface area contributed by atoms with Gasteiger partial charge in [-0.1, -0.05) is 0 Å². The number of hydrogen-bond acceptors (Lipinski definition) is 6. The van der Waals surface area contributed by atoms with E-state index in [2.05, 4.69) is 21.2 Å². The van der Waals surface area contributed by atoms with Crippen LogP contribution in [-0.2, 0) is 20.7 Å². The molecule has 33 heavy (non-hydrogen) atoms. The van der Waals surface area contributed by atoms with Gasteiger partial charge in [0.1, 0.15) is 23.5 Å². The third-order valence-electron chi connectivity index (χ3n) is 5.90. The lowest BCUT2D eigenvalue weighted by Crippen LogP contribution is -2.55. The van der Waals surface area contributed by atoms with Gasteiger partial charge in [-0.2, -0.15) is 5.26 Å². The Morgan fingerprint density at radius 2 is 2.03 bits per heavy atom. The number of rotatable bonds is 5. The summed E-state index contributed by atoms with van der Waals surface area (Å²) in [6, 6.07) is 2.52. The Bertz CT molecular complexity index is 1000. The summed E-state index contributed by atoms with van der Waals surface area (Å²) in [7, 11) is 1.21. The molecule has 2 fully saturated rings. The first-order chi connectivity index (χ1) is 15.4. The zero-order valence-corrected chi connectivity index (χ0v) is 20.6. The van der Waals surface area contributed by atoms with Gasteiger partial charge in [0.15, 0.2) is 0 Å². The predicted molar refractivity (Wildman–Crippen MR) is 120 cm³/mol. The molecule has 1 aromatic carbocycles. The summed E-state index contributed by atoms with van der Waals surface area (Å²) in [5.41, 5.74) is -0.505. The fourth-order valence-corrected chi connectivity index (χ4v) is 5.00. The number of piperidine rings is 1. The number of likely N-dealkylation sites (tertiary alicyclic amines) is 1. The van der Waals surface area contributed by atoms with E-state index in [1.54, 1.807) is 20.8 Å². The normalized spacial score (nSPS) is 22.5. The molecule has 0 aromatic heterocycles. The predicted octanol–water partition coefficient (Wildman–Crippen LogP) is 3.71. The van der Waals surface area contributed by atoms with Crippen molar-refractivity contribution in [3.8, 4) is 6.07 Å². The standard InChI is InChI=1S/C23H27BrFN3O5/c1-23(2,3)33-22(31)28-15-6-5-12(8-15)19(28)20(29)27-14(11-26)7-13-9-16(21(30)32-4)17(24)10-18(13)25/h9-10,12,14-15,19H,5-8H2,1-4H3,(H,27,29). The molecular weight excluding hydrogens is 497 g/mol. The number of methoxy groups -OCH3 is 1. The lowest BCUT2D eigenvalue weighted by Gasteiger charge is -2.35. The molecule has 1 saturated carbocycles. The Morgan fingerprint density at radius 1 is 1.33 bits per heavy atom. The van der Waals surface area contributed by atoms with Gasteiger partial charge in [0, 0.05) is 16.9 Å². The van der Waals surface area contributed by atoms with Crippen LogP contribution in [0.25, 0.3) is 0 Å². The van der Waals surface area contributed by atoms with Crippen LogP contribution in [-0.4, -0.2) is 53.7 Å². The number of amides is 2. The van der Waals surface area contributed by atoms with Crippen molar-refractivity contribution in [3.05, 3.63) is 33.5 Å². The lowest BCUT2D eigenvalue weighted by atomic mass is 9.97. The van der Waals surface area contributed by atoms with Crippen molar-refractivity contribution < 1.29 is 28.2 Å². The van der Waals surface area contributed by atoms with Crippen LogP contribution in [0.4, 0.5) is 9.18 Å². The summed E-state index contributed by atoms with van der Waals surface area (Å²) in [5, 5.41) is 12.3. The molecule has 3 rings (SSSR count). The fourth-order valence-electron chi connectivity index (χ4n) is 4.53. The third-order valence-corrected chi connectivity index (χ3v) is 6.55. The third kappa shape index (κ3) is 5.46. The van der Waals surface area contributed by atoms with Crippen LogP contribution in [0.3, 0.4) is 0 Å². The largest absolute Gasteiger partial charge is 0.465 e. The van der Waals surface area contributed by atoms with E-state index in [-0.39, 0.29) is 34.0 Å². The zero-order valence-electron chi connectivity index (χ0n) is 19.0. The molecule has 4 unspecified atom stereocenters. The van der Waals surface area contributed by atoms with Gasteiger partial charge in [-0.3, -0.25) is 9.69 Å². The first kappa shape index (κ1) is 25.0. The van der Waals surface area contributed by atoms with Gasteiger partial charge in [0.2, 0.25) is 5.91 Å². The van der Waals surface area contributed by atoms with Crippen molar-refractivity contribution in [2.75, 3.05) is 7.11 Å². The molecule has 2 aliphatic rings. The Hall–Kier alpha value is -2.67. The Kier molecular flexibility index (Phi) is 7.32. The fraction of sp³-hybridized carbons (Fsp3) is 0.565. The Morgan fingerprint density at radius 3 is 2.64 bits per heavy atom. The molecule has 10 heteroatoms. The summed E-state index contributed by atoms with van der Waals surface area (Å²) in [4.78, 5) is 39.3. The maximum Gasteiger partial charge on any atom is 0.411 e. The Balaban J connectivity index is 1.76. The summed E-state index contributed by atoms with van der Waals surface area (Å²) in [6.45, 7) is 5.28. The van der Waals surface area contributed by atoms with Crippen LogP contribution >= 0.6 is 15.9 Å². The van der Waals surface area contributed by atoms with Crippen molar-refractivity contribution in [2.45, 2.75) is 70.2 Å². The number of carbonyl (C=O) groups excluding carboxylic acids is 3. The molecule has 2 amide bonds. The zero-order chi connectivity index (χ0) is 24.5. The van der Waals surface area contributed by atoms with Crippen LogP contribution < -0.4 is 5.32 Å². The molecule has 1 heterocycles. The van der Waals surface area contributed by atoms with Crippen molar-refractivity contribution >= 4 is 33.9 Å². The molecule has 0 spiro atoms. The molecule has 1 aliphatic heterocycles. The summed E-state index contributed by atoms with van der Waals surface area (Å²) in [5.74, 6) is -1.77. The number of ether oxygens (including phenoxy) is 2. The second-order valence-corrected chi connectivity index (χ2v) is 10.2. The monoisotopic (exact) mass is 523 g/mol. The van der Waals surface area contributed by atoms with Gasteiger partial charge in [-0.05, 0) is 79.6 Å². The highest BCUT2D eigenvalue weighted by atomic mass is 79.9. The minimum atomic E-state index is -1.06. The Labute approximate surface area is 200 Å². The smallest absolute Gasteiger partial charge is 0.411 e. The van der Waals surface area contributed by atoms with E-state index in [0.29, 0.717) is 6.42 Å². The van der Waals surface area contributed by atoms with E-state index >= 15 is 0 Å². The van der Waals surface area contributed by atoms with Crippen molar-refractivity contribution in [1.29, 1.82) is 5.26 Å². The van der Waals surface area contributed by atoms with Crippen molar-refractivity contribution in [2.24, 2.45) is 5.92 Å². The van der Waals surface area contributed by atoms with E-state index in [1.807, 2.05) is 6.07 Å². The molecule has 2 bridgehead atoms. The number of fused-ring (bicyclic) bond motifs is 2. The number of benzene rings is 1. The van der Waals surface area contributed by atoms with Crippen LogP contribution in [0.5, 0.6) is 0 Å². The average Bonchev–Trinajstić information content (AvgIpc) is 3.34. The van der Waals surface area contributed by atoms with E-state index < -0.39 is 41.5 Å². The first-order valence-corrected chi connectivity index (χ1v) is 11.5. The summed E-state index contributed by atoms with van der Waals surface area (Å²) in [6.07, 6.45) is 1.61. The van der Waals surface area contributed by atoms with Crippen LogP contribution in [0, 0.1) is 23.1 Å². The molecule has 1 saturated heterocycles. The number of halogens is 2. The second kappa shape index (κ2) is 9.67. The van der Waals surface area contributed by atoms with Crippen molar-refractivity contribution in [1.82, 2.24) is 10.2 Å². The van der Waals surface area contributed by atoms with Crippen LogP contribution in [0.2, 0.25) is 0 Å². The highest BCUT2D eigenvalue weighted by Gasteiger charge is 2.52. The van der Waals surface area contributed by atoms with Crippen LogP contribution in [0.1, 0.15) is 56.0 Å². The molecule has 1 aromatic rings. The highest BCUT2D eigenvalue weighted by Crippen LogP contribution is 2.43. The molecule has 0 radical (unpaired) electrons. The molecule has 1 aliphatic carbocycles. The number of carbonyl (C=O) groups is 3. The second-order valence-electron chi connectivity index (χ2n) is 9.37. The molecule has 1 N–H and O–H groups in total. The molecule has 178 valence electrons. The first-order valence-electron chi connectivity index (χ1n) is 10.7. The van der Waals surface area contributed by atoms with Gasteiger partial charge in [0.25, 0.3) is 0 Å². The maximum atomic E-state index is 14.5. The van der Waals surface area contributed by atoms with Gasteiger partial charge in [0.05, 0.1) is 18.7 Å². The van der Waals surface area contributed by atoms with E-state index in [1.165, 1.54) is 18.1 Å². The van der Waals surface area contributed by atoms with Crippen molar-refractivity contribution in [3.63, 3.8) is 0 Å². The van der Waals surface area contributed by atoms with E-state index in [9.17, 15) is 24.0 Å². The quantitative estimate of drug-likeness (QED) is 0.589. The minimum absolute atomic E-state index is 0.0165. The van der Waals surface area contributed by atoms with Crippen LogP contribution in [0.15, 0.2) is 16.6 Å². The summed E-state index contributed by atoms with van der Waals surface area (Å²) >= 11 is 3.13. The number of nitrogens with one attached hydrogen (secondary N) is 1. The highest BCUT2D eigenvalue weighted by molar-refractivity contribution is 9.10. The van der Waals surface area contributed by atoms with Gasteiger partial charge >= 0.3 is 12.1 Å². The minimum Gasteiger partial charge on any atom is -0.465 e. The number of esters is 1. The number of nitrogens with zero attached hydrogens (tertiary/aromatic N) is 2. The molecular formula is C23H27BrFN3O5. The van der Waals surface area contributed by atoms with Gasteiger partial charge < -0.3 is 14.8 Å². The van der Waals surface area contributed by atoms with E-state index in [4.69, 9.17) is 9.47 Å². The average molecular weight is 524 g/mol. The number of nitriles is 1. The lowest BCUT2D eigenvalue weighted by molar-refractivity contribution is -0.128. The SMILES string of the molecule is COC(=O)c1cc(CC(C#N)NC(=O)C2C3CCC(C3)N2C(=O)OC(C)(C)C)c(F)cc1Br. The molecule has 8 nitrogen and oxygen atoms in total. The summed E-state index contributed by atoms with van der Waals surface area (Å²) < 4.78 is 24.9. The number of hydrogen-bond donors (Lipinski definition) is 1. The van der Waals surface area contributed by atoms with E-state index in [0.717, 1.165) is 18.9 Å². The molecule has 4 atom stereocenters. The topological polar surface area (TPSA) is 109 Å². The van der Waals surface area contributed by atoms with Gasteiger partial charge in [-0.25, -0.2) is 14.0 Å². The maximum absolute atomic E-state index is 14.5.